The molecule has 0 spiro atoms. The van der Waals surface area contributed by atoms with Gasteiger partial charge in [-0.05, 0) is 51.9 Å². The number of morpholine rings is 1. The molecule has 1 saturated heterocycles. The van der Waals surface area contributed by atoms with Crippen LogP contribution in [0.2, 0.25) is 5.02 Å². The van der Waals surface area contributed by atoms with Gasteiger partial charge in [0.2, 0.25) is 0 Å². The molecule has 1 N–H and O–H groups in total. The van der Waals surface area contributed by atoms with E-state index >= 15 is 0 Å². The quantitative estimate of drug-likeness (QED) is 0.640. The summed E-state index contributed by atoms with van der Waals surface area (Å²) in [6.07, 6.45) is 1.20. The molecule has 1 heterocycles. The Morgan fingerprint density at radius 3 is 2.68 bits per heavy atom. The van der Waals surface area contributed by atoms with Crippen molar-refractivity contribution in [3.05, 3.63) is 22.7 Å². The van der Waals surface area contributed by atoms with Crippen LogP contribution in [0.5, 0.6) is 11.5 Å². The molecule has 2 rings (SSSR count). The minimum Gasteiger partial charge on any atom is -0.490 e. The smallest absolute Gasteiger partial charge is 0.163 e. The Morgan fingerprint density at radius 1 is 1.24 bits per heavy atom. The van der Waals surface area contributed by atoms with Crippen molar-refractivity contribution in [2.24, 2.45) is 0 Å². The predicted octanol–water partition coefficient (Wildman–Crippen LogP) is 3.34. The second-order valence-corrected chi connectivity index (χ2v) is 6.88. The molecule has 5 nitrogen and oxygen atoms in total. The third-order valence-electron chi connectivity index (χ3n) is 4.02. The summed E-state index contributed by atoms with van der Waals surface area (Å²) in [4.78, 5) is 2.45. The first-order chi connectivity index (χ1) is 12.1. The van der Waals surface area contributed by atoms with Gasteiger partial charge in [0.15, 0.2) is 11.5 Å². The van der Waals surface area contributed by atoms with E-state index in [0.717, 1.165) is 63.7 Å². The van der Waals surface area contributed by atoms with E-state index in [-0.39, 0.29) is 6.10 Å². The zero-order valence-electron chi connectivity index (χ0n) is 15.6. The van der Waals surface area contributed by atoms with Gasteiger partial charge in [0.25, 0.3) is 0 Å². The molecule has 0 aromatic heterocycles. The summed E-state index contributed by atoms with van der Waals surface area (Å²) in [5, 5.41) is 4.18. The Labute approximate surface area is 156 Å². The molecule has 0 unspecified atom stereocenters. The second kappa shape index (κ2) is 10.9. The molecule has 25 heavy (non-hydrogen) atoms. The summed E-state index contributed by atoms with van der Waals surface area (Å²) in [6, 6.07) is 3.84. The molecule has 1 aromatic rings. The van der Waals surface area contributed by atoms with Crippen LogP contribution < -0.4 is 14.8 Å². The highest BCUT2D eigenvalue weighted by Gasteiger charge is 2.13. The van der Waals surface area contributed by atoms with Crippen LogP contribution in [0.15, 0.2) is 12.1 Å². The zero-order valence-corrected chi connectivity index (χ0v) is 16.4. The first kappa shape index (κ1) is 20.3. The molecule has 0 amide bonds. The van der Waals surface area contributed by atoms with Crippen molar-refractivity contribution < 1.29 is 14.2 Å². The highest BCUT2D eigenvalue weighted by molar-refractivity contribution is 6.31. The largest absolute Gasteiger partial charge is 0.490 e. The fraction of sp³-hybridized carbons (Fsp3) is 0.684. The lowest BCUT2D eigenvalue weighted by Crippen LogP contribution is -2.37. The minimum absolute atomic E-state index is 0.0828. The molecule has 1 aliphatic rings. The Balaban J connectivity index is 1.82. The fourth-order valence-electron chi connectivity index (χ4n) is 2.80. The lowest BCUT2D eigenvalue weighted by molar-refractivity contribution is 0.0374. The van der Waals surface area contributed by atoms with Crippen LogP contribution in [-0.2, 0) is 11.3 Å². The van der Waals surface area contributed by atoms with Crippen molar-refractivity contribution in [2.45, 2.75) is 39.8 Å². The lowest BCUT2D eigenvalue weighted by Gasteiger charge is -2.26. The van der Waals surface area contributed by atoms with Gasteiger partial charge in [-0.1, -0.05) is 11.6 Å². The van der Waals surface area contributed by atoms with E-state index in [1.54, 1.807) is 0 Å². The Morgan fingerprint density at radius 2 is 2.00 bits per heavy atom. The highest BCUT2D eigenvalue weighted by Crippen LogP contribution is 2.34. The third kappa shape index (κ3) is 7.02. The van der Waals surface area contributed by atoms with Gasteiger partial charge in [-0.3, -0.25) is 4.90 Å². The van der Waals surface area contributed by atoms with Gasteiger partial charge in [0, 0.05) is 30.7 Å². The fourth-order valence-corrected chi connectivity index (χ4v) is 3.02. The summed E-state index contributed by atoms with van der Waals surface area (Å²) in [7, 11) is 0. The zero-order chi connectivity index (χ0) is 18.1. The van der Waals surface area contributed by atoms with Crippen LogP contribution in [0.4, 0.5) is 0 Å². The summed E-state index contributed by atoms with van der Waals surface area (Å²) >= 11 is 6.42. The van der Waals surface area contributed by atoms with Gasteiger partial charge in [-0.25, -0.2) is 0 Å². The number of hydrogen-bond acceptors (Lipinski definition) is 5. The molecule has 6 heteroatoms. The van der Waals surface area contributed by atoms with E-state index in [1.807, 2.05) is 32.9 Å². The van der Waals surface area contributed by atoms with Gasteiger partial charge in [-0.2, -0.15) is 0 Å². The van der Waals surface area contributed by atoms with E-state index in [4.69, 9.17) is 25.8 Å². The molecule has 0 atom stereocenters. The molecule has 0 bridgehead atoms. The topological polar surface area (TPSA) is 43.0 Å². The Bertz CT molecular complexity index is 520. The van der Waals surface area contributed by atoms with E-state index in [0.29, 0.717) is 17.4 Å². The third-order valence-corrected chi connectivity index (χ3v) is 4.37. The van der Waals surface area contributed by atoms with Crippen molar-refractivity contribution in [1.29, 1.82) is 0 Å². The summed E-state index contributed by atoms with van der Waals surface area (Å²) in [5.41, 5.74) is 1.03. The van der Waals surface area contributed by atoms with Crippen molar-refractivity contribution in [1.82, 2.24) is 10.2 Å². The number of benzene rings is 1. The van der Waals surface area contributed by atoms with Crippen LogP contribution in [0.25, 0.3) is 0 Å². The maximum absolute atomic E-state index is 6.42. The normalized spacial score (nSPS) is 15.6. The van der Waals surface area contributed by atoms with Gasteiger partial charge in [0.05, 0.1) is 25.9 Å². The summed E-state index contributed by atoms with van der Waals surface area (Å²) in [5.74, 6) is 1.46. The second-order valence-electron chi connectivity index (χ2n) is 6.47. The van der Waals surface area contributed by atoms with Gasteiger partial charge >= 0.3 is 0 Å². The van der Waals surface area contributed by atoms with Crippen molar-refractivity contribution in [3.63, 3.8) is 0 Å². The molecule has 0 saturated carbocycles. The van der Waals surface area contributed by atoms with E-state index in [2.05, 4.69) is 10.2 Å². The first-order valence-electron chi connectivity index (χ1n) is 9.22. The number of rotatable bonds is 10. The number of halogens is 1. The molecule has 1 aliphatic heterocycles. The van der Waals surface area contributed by atoms with Crippen molar-refractivity contribution >= 4 is 11.6 Å². The maximum Gasteiger partial charge on any atom is 0.163 e. The van der Waals surface area contributed by atoms with E-state index in [9.17, 15) is 0 Å². The van der Waals surface area contributed by atoms with Crippen LogP contribution in [0, 0.1) is 0 Å². The SMILES string of the molecule is CCOc1cc(CNCCCN2CCOCC2)c(Cl)cc1OC(C)C. The number of nitrogens with one attached hydrogen (secondary N) is 1. The van der Waals surface area contributed by atoms with Gasteiger partial charge < -0.3 is 19.5 Å². The number of ether oxygens (including phenoxy) is 3. The minimum atomic E-state index is 0.0828. The molecule has 0 aliphatic carbocycles. The van der Waals surface area contributed by atoms with Crippen LogP contribution >= 0.6 is 11.6 Å². The van der Waals surface area contributed by atoms with Crippen LogP contribution in [-0.4, -0.2) is 57.0 Å². The average molecular weight is 371 g/mol. The van der Waals surface area contributed by atoms with E-state index in [1.165, 1.54) is 0 Å². The van der Waals surface area contributed by atoms with Gasteiger partial charge in [-0.15, -0.1) is 0 Å². The molecular weight excluding hydrogens is 340 g/mol. The highest BCUT2D eigenvalue weighted by atomic mass is 35.5. The van der Waals surface area contributed by atoms with Crippen molar-refractivity contribution in [2.75, 3.05) is 46.0 Å². The van der Waals surface area contributed by atoms with Crippen molar-refractivity contribution in [3.8, 4) is 11.5 Å². The number of hydrogen-bond donors (Lipinski definition) is 1. The monoisotopic (exact) mass is 370 g/mol. The molecular formula is C19H31ClN2O3. The van der Waals surface area contributed by atoms with Crippen LogP contribution in [0.1, 0.15) is 32.8 Å². The first-order valence-corrected chi connectivity index (χ1v) is 9.60. The van der Waals surface area contributed by atoms with Gasteiger partial charge in [0.1, 0.15) is 0 Å². The standard InChI is InChI=1S/C19H31ClN2O3/c1-4-24-18-12-16(17(20)13-19(18)25-15(2)3)14-21-6-5-7-22-8-10-23-11-9-22/h12-13,15,21H,4-11,14H2,1-3H3. The summed E-state index contributed by atoms with van der Waals surface area (Å²) in [6.45, 7) is 13.1. The maximum atomic E-state index is 6.42. The Hall–Kier alpha value is -1.01. The average Bonchev–Trinajstić information content (AvgIpc) is 2.58. The lowest BCUT2D eigenvalue weighted by atomic mass is 10.2. The summed E-state index contributed by atoms with van der Waals surface area (Å²) < 4.78 is 16.9. The molecule has 1 aromatic carbocycles. The van der Waals surface area contributed by atoms with Crippen LogP contribution in [0.3, 0.4) is 0 Å². The Kier molecular flexibility index (Phi) is 8.82. The molecule has 142 valence electrons. The number of nitrogens with zero attached hydrogens (tertiary/aromatic N) is 1. The molecule has 0 radical (unpaired) electrons. The van der Waals surface area contributed by atoms with E-state index < -0.39 is 0 Å². The molecule has 1 fully saturated rings. The predicted molar refractivity (Wildman–Crippen MR) is 102 cm³/mol.